The van der Waals surface area contributed by atoms with Crippen molar-refractivity contribution in [3.63, 3.8) is 0 Å². The SMILES string of the molecule is CCCC(NCC)C(CC)S(=O)(=O)C1CCCC1. The van der Waals surface area contributed by atoms with Crippen LogP contribution in [0.2, 0.25) is 0 Å². The maximum absolute atomic E-state index is 12.7. The lowest BCUT2D eigenvalue weighted by atomic mass is 10.1. The number of rotatable bonds is 8. The number of sulfone groups is 1. The second-order valence-corrected chi connectivity index (χ2v) is 7.85. The minimum Gasteiger partial charge on any atom is -0.313 e. The number of nitrogens with one attached hydrogen (secondary N) is 1. The lowest BCUT2D eigenvalue weighted by Gasteiger charge is -2.29. The standard InChI is InChI=1S/C14H29NO2S/c1-4-9-13(15-6-3)14(5-2)18(16,17)12-10-7-8-11-12/h12-15H,4-11H2,1-3H3. The van der Waals surface area contributed by atoms with Crippen molar-refractivity contribution in [2.24, 2.45) is 0 Å². The number of hydrogen-bond donors (Lipinski definition) is 1. The van der Waals surface area contributed by atoms with Gasteiger partial charge in [-0.3, -0.25) is 0 Å². The van der Waals surface area contributed by atoms with E-state index in [1.807, 2.05) is 6.92 Å². The van der Waals surface area contributed by atoms with Gasteiger partial charge in [0.15, 0.2) is 9.84 Å². The fourth-order valence-corrected chi connectivity index (χ4v) is 5.84. The Hall–Kier alpha value is -0.0900. The fraction of sp³-hybridized carbons (Fsp3) is 1.00. The van der Waals surface area contributed by atoms with Gasteiger partial charge < -0.3 is 5.32 Å². The van der Waals surface area contributed by atoms with E-state index in [0.29, 0.717) is 0 Å². The van der Waals surface area contributed by atoms with Gasteiger partial charge in [-0.1, -0.05) is 40.0 Å². The van der Waals surface area contributed by atoms with Gasteiger partial charge in [0, 0.05) is 6.04 Å². The molecule has 0 spiro atoms. The average Bonchev–Trinajstić information content (AvgIpc) is 2.84. The van der Waals surface area contributed by atoms with Gasteiger partial charge in [-0.15, -0.1) is 0 Å². The van der Waals surface area contributed by atoms with E-state index >= 15 is 0 Å². The molecule has 1 N–H and O–H groups in total. The van der Waals surface area contributed by atoms with Gasteiger partial charge in [0.2, 0.25) is 0 Å². The van der Waals surface area contributed by atoms with Gasteiger partial charge in [0.1, 0.15) is 0 Å². The van der Waals surface area contributed by atoms with Gasteiger partial charge in [0.25, 0.3) is 0 Å². The summed E-state index contributed by atoms with van der Waals surface area (Å²) in [6.45, 7) is 7.04. The summed E-state index contributed by atoms with van der Waals surface area (Å²) in [6, 6.07) is 0.135. The first kappa shape index (κ1) is 16.0. The molecular weight excluding hydrogens is 246 g/mol. The van der Waals surface area contributed by atoms with Crippen LogP contribution in [-0.4, -0.2) is 31.5 Å². The molecule has 0 saturated heterocycles. The van der Waals surface area contributed by atoms with Crippen LogP contribution in [0.3, 0.4) is 0 Å². The summed E-state index contributed by atoms with van der Waals surface area (Å²) >= 11 is 0. The number of hydrogen-bond acceptors (Lipinski definition) is 3. The molecule has 0 heterocycles. The third-order valence-corrected chi connectivity index (χ3v) is 7.01. The maximum atomic E-state index is 12.7. The largest absolute Gasteiger partial charge is 0.313 e. The molecule has 4 heteroatoms. The zero-order valence-electron chi connectivity index (χ0n) is 12.1. The van der Waals surface area contributed by atoms with E-state index in [0.717, 1.165) is 51.5 Å². The van der Waals surface area contributed by atoms with Crippen LogP contribution in [0.1, 0.15) is 65.7 Å². The first-order valence-corrected chi connectivity index (χ1v) is 9.14. The van der Waals surface area contributed by atoms with E-state index in [2.05, 4.69) is 19.2 Å². The molecule has 0 aromatic heterocycles. The van der Waals surface area contributed by atoms with E-state index in [1.165, 1.54) is 0 Å². The first-order valence-electron chi connectivity index (χ1n) is 7.53. The summed E-state index contributed by atoms with van der Waals surface area (Å²) in [7, 11) is -2.96. The van der Waals surface area contributed by atoms with Crippen molar-refractivity contribution in [1.29, 1.82) is 0 Å². The fourth-order valence-electron chi connectivity index (χ4n) is 3.20. The predicted molar refractivity (Wildman–Crippen MR) is 77.6 cm³/mol. The summed E-state index contributed by atoms with van der Waals surface area (Å²) in [5.74, 6) is 0. The Labute approximate surface area is 113 Å². The highest BCUT2D eigenvalue weighted by molar-refractivity contribution is 7.92. The molecule has 108 valence electrons. The summed E-state index contributed by atoms with van der Waals surface area (Å²) in [4.78, 5) is 0. The molecule has 1 saturated carbocycles. The topological polar surface area (TPSA) is 46.2 Å². The normalized spacial score (nSPS) is 21.1. The van der Waals surface area contributed by atoms with Crippen LogP contribution >= 0.6 is 0 Å². The van der Waals surface area contributed by atoms with Crippen molar-refractivity contribution < 1.29 is 8.42 Å². The highest BCUT2D eigenvalue weighted by Gasteiger charge is 2.38. The zero-order valence-corrected chi connectivity index (χ0v) is 12.9. The molecule has 0 radical (unpaired) electrons. The Bertz CT molecular complexity index is 315. The Morgan fingerprint density at radius 3 is 2.22 bits per heavy atom. The van der Waals surface area contributed by atoms with Gasteiger partial charge >= 0.3 is 0 Å². The smallest absolute Gasteiger partial charge is 0.157 e. The molecule has 3 nitrogen and oxygen atoms in total. The molecule has 0 aromatic rings. The molecule has 2 atom stereocenters. The van der Waals surface area contributed by atoms with Crippen molar-refractivity contribution >= 4 is 9.84 Å². The van der Waals surface area contributed by atoms with Crippen LogP contribution in [0.4, 0.5) is 0 Å². The van der Waals surface area contributed by atoms with Crippen LogP contribution in [0.15, 0.2) is 0 Å². The Kier molecular flexibility index (Phi) is 6.64. The third-order valence-electron chi connectivity index (χ3n) is 4.11. The van der Waals surface area contributed by atoms with Crippen LogP contribution in [0, 0.1) is 0 Å². The van der Waals surface area contributed by atoms with Crippen molar-refractivity contribution in [3.05, 3.63) is 0 Å². The third kappa shape index (κ3) is 3.70. The average molecular weight is 275 g/mol. The van der Waals surface area contributed by atoms with E-state index < -0.39 is 9.84 Å². The van der Waals surface area contributed by atoms with Crippen LogP contribution in [0.5, 0.6) is 0 Å². The summed E-state index contributed by atoms with van der Waals surface area (Å²) in [5, 5.41) is 3.12. The van der Waals surface area contributed by atoms with Gasteiger partial charge in [-0.05, 0) is 32.2 Å². The van der Waals surface area contributed by atoms with E-state index in [1.54, 1.807) is 0 Å². The molecule has 1 aliphatic carbocycles. The second kappa shape index (κ2) is 7.49. The van der Waals surface area contributed by atoms with Crippen molar-refractivity contribution in [2.75, 3.05) is 6.54 Å². The van der Waals surface area contributed by atoms with Gasteiger partial charge in [0.05, 0.1) is 10.5 Å². The van der Waals surface area contributed by atoms with E-state index in [4.69, 9.17) is 0 Å². The van der Waals surface area contributed by atoms with E-state index in [9.17, 15) is 8.42 Å². The van der Waals surface area contributed by atoms with Crippen molar-refractivity contribution in [3.8, 4) is 0 Å². The monoisotopic (exact) mass is 275 g/mol. The molecule has 2 unspecified atom stereocenters. The Balaban J connectivity index is 2.84. The quantitative estimate of drug-likeness (QED) is 0.741. The molecule has 1 rings (SSSR count). The van der Waals surface area contributed by atoms with E-state index in [-0.39, 0.29) is 16.5 Å². The van der Waals surface area contributed by atoms with Crippen molar-refractivity contribution in [1.82, 2.24) is 5.32 Å². The second-order valence-electron chi connectivity index (χ2n) is 5.40. The lowest BCUT2D eigenvalue weighted by Crippen LogP contribution is -2.46. The minimum absolute atomic E-state index is 0.0690. The maximum Gasteiger partial charge on any atom is 0.157 e. The van der Waals surface area contributed by atoms with Crippen LogP contribution in [-0.2, 0) is 9.84 Å². The van der Waals surface area contributed by atoms with Crippen molar-refractivity contribution in [2.45, 2.75) is 82.3 Å². The molecule has 0 aliphatic heterocycles. The molecule has 0 bridgehead atoms. The summed E-state index contributed by atoms with van der Waals surface area (Å²) < 4.78 is 25.4. The molecule has 1 aliphatic rings. The summed E-state index contributed by atoms with van der Waals surface area (Å²) in [6.07, 6.45) is 6.65. The molecule has 18 heavy (non-hydrogen) atoms. The zero-order chi connectivity index (χ0) is 13.6. The highest BCUT2D eigenvalue weighted by Crippen LogP contribution is 2.30. The highest BCUT2D eigenvalue weighted by atomic mass is 32.2. The Morgan fingerprint density at radius 2 is 1.78 bits per heavy atom. The van der Waals surface area contributed by atoms with Crippen LogP contribution < -0.4 is 5.32 Å². The molecular formula is C14H29NO2S. The molecule has 0 aromatic carbocycles. The lowest BCUT2D eigenvalue weighted by molar-refractivity contribution is 0.441. The predicted octanol–water partition coefficient (Wildman–Crippen LogP) is 2.90. The first-order chi connectivity index (χ1) is 8.57. The molecule has 0 amide bonds. The minimum atomic E-state index is -2.96. The van der Waals surface area contributed by atoms with Gasteiger partial charge in [-0.2, -0.15) is 0 Å². The van der Waals surface area contributed by atoms with Crippen LogP contribution in [0.25, 0.3) is 0 Å². The molecule has 1 fully saturated rings. The Morgan fingerprint density at radius 1 is 1.17 bits per heavy atom. The van der Waals surface area contributed by atoms with Gasteiger partial charge in [-0.25, -0.2) is 8.42 Å². The summed E-state index contributed by atoms with van der Waals surface area (Å²) in [5.41, 5.74) is 0.